The summed E-state index contributed by atoms with van der Waals surface area (Å²) in [6, 6.07) is 4.61. The summed E-state index contributed by atoms with van der Waals surface area (Å²) in [7, 11) is 0. The molecule has 0 bridgehead atoms. The molecule has 1 aromatic carbocycles. The first-order valence-corrected chi connectivity index (χ1v) is 3.87. The second-order valence-corrected chi connectivity index (χ2v) is 2.92. The van der Waals surface area contributed by atoms with Gasteiger partial charge in [-0.25, -0.2) is 4.79 Å². The number of hydrogen-bond donors (Lipinski definition) is 1. The predicted octanol–water partition coefficient (Wildman–Crippen LogP) is 1.13. The molecule has 0 fully saturated rings. The third-order valence-electron chi connectivity index (χ3n) is 1.58. The van der Waals surface area contributed by atoms with E-state index in [2.05, 4.69) is 9.40 Å². The van der Waals surface area contributed by atoms with E-state index in [1.54, 1.807) is 6.07 Å². The van der Waals surface area contributed by atoms with Crippen LogP contribution in [0.3, 0.4) is 0 Å². The highest BCUT2D eigenvalue weighted by Gasteiger charge is 2.01. The van der Waals surface area contributed by atoms with Crippen molar-refractivity contribution in [1.29, 1.82) is 0 Å². The quantitative estimate of drug-likeness (QED) is 0.644. The van der Waals surface area contributed by atoms with Gasteiger partial charge in [-0.3, -0.25) is 4.79 Å². The lowest BCUT2D eigenvalue weighted by Gasteiger charge is -1.94. The average Bonchev–Trinajstić information content (AvgIpc) is 2.08. The fourth-order valence-electron chi connectivity index (χ4n) is 1.01. The smallest absolute Gasteiger partial charge is 0.402 e. The van der Waals surface area contributed by atoms with Crippen molar-refractivity contribution in [3.8, 4) is 0 Å². The minimum atomic E-state index is -0.908. The predicted molar refractivity (Wildman–Crippen MR) is 48.1 cm³/mol. The first-order chi connectivity index (χ1) is 6.16. The van der Waals surface area contributed by atoms with Crippen LogP contribution in [0.25, 0.3) is 11.1 Å². The fourth-order valence-corrected chi connectivity index (χ4v) is 1.18. The van der Waals surface area contributed by atoms with Crippen molar-refractivity contribution in [2.45, 2.75) is 0 Å². The number of aromatic nitrogens is 1. The number of nitrogens with one attached hydrogen (secondary N) is 1. The SMILES string of the molecule is O=c1[nH]c2cc(Cl)ccc2oc1=O. The summed E-state index contributed by atoms with van der Waals surface area (Å²) in [4.78, 5) is 24.0. The van der Waals surface area contributed by atoms with Crippen LogP contribution in [0.5, 0.6) is 0 Å². The van der Waals surface area contributed by atoms with Gasteiger partial charge in [0.2, 0.25) is 0 Å². The second-order valence-electron chi connectivity index (χ2n) is 2.48. The summed E-state index contributed by atoms with van der Waals surface area (Å²) < 4.78 is 4.69. The monoisotopic (exact) mass is 197 g/mol. The first kappa shape index (κ1) is 8.07. The largest absolute Gasteiger partial charge is 0.417 e. The third-order valence-corrected chi connectivity index (χ3v) is 1.81. The summed E-state index contributed by atoms with van der Waals surface area (Å²) in [6.07, 6.45) is 0. The highest BCUT2D eigenvalue weighted by atomic mass is 35.5. The summed E-state index contributed by atoms with van der Waals surface area (Å²) in [6.45, 7) is 0. The molecule has 2 aromatic rings. The number of fused-ring (bicyclic) bond motifs is 1. The van der Waals surface area contributed by atoms with E-state index in [9.17, 15) is 9.59 Å². The van der Waals surface area contributed by atoms with Crippen LogP contribution in [0, 0.1) is 0 Å². The fraction of sp³-hybridized carbons (Fsp3) is 0. The molecule has 1 aromatic heterocycles. The Morgan fingerprint density at radius 1 is 1.31 bits per heavy atom. The minimum absolute atomic E-state index is 0.314. The molecule has 66 valence electrons. The van der Waals surface area contributed by atoms with E-state index in [-0.39, 0.29) is 0 Å². The van der Waals surface area contributed by atoms with Crippen LogP contribution in [-0.4, -0.2) is 4.98 Å². The van der Waals surface area contributed by atoms with Gasteiger partial charge in [-0.05, 0) is 18.2 Å². The zero-order valence-electron chi connectivity index (χ0n) is 6.33. The van der Waals surface area contributed by atoms with Crippen molar-refractivity contribution in [1.82, 2.24) is 4.98 Å². The van der Waals surface area contributed by atoms with Gasteiger partial charge in [0.1, 0.15) is 0 Å². The normalized spacial score (nSPS) is 10.5. The molecule has 0 saturated carbocycles. The van der Waals surface area contributed by atoms with Crippen LogP contribution in [0.15, 0.2) is 32.2 Å². The molecular formula is C8H4ClNO3. The maximum Gasteiger partial charge on any atom is 0.402 e. The average molecular weight is 198 g/mol. The van der Waals surface area contributed by atoms with Gasteiger partial charge in [0.25, 0.3) is 0 Å². The van der Waals surface area contributed by atoms with Gasteiger partial charge in [-0.15, -0.1) is 0 Å². The highest BCUT2D eigenvalue weighted by molar-refractivity contribution is 6.31. The summed E-state index contributed by atoms with van der Waals surface area (Å²) in [5, 5.41) is 0.469. The zero-order valence-corrected chi connectivity index (χ0v) is 7.09. The van der Waals surface area contributed by atoms with E-state index < -0.39 is 11.2 Å². The van der Waals surface area contributed by atoms with Crippen LogP contribution in [0.1, 0.15) is 0 Å². The molecule has 0 aliphatic rings. The Balaban J connectivity index is 2.97. The van der Waals surface area contributed by atoms with Crippen LogP contribution in [0.2, 0.25) is 5.02 Å². The number of hydrogen-bond acceptors (Lipinski definition) is 3. The Bertz CT molecular complexity index is 569. The molecule has 0 radical (unpaired) electrons. The second kappa shape index (κ2) is 2.74. The van der Waals surface area contributed by atoms with Gasteiger partial charge in [0.05, 0.1) is 5.52 Å². The Kier molecular flexibility index (Phi) is 1.70. The van der Waals surface area contributed by atoms with Crippen molar-refractivity contribution in [2.24, 2.45) is 0 Å². The maximum atomic E-state index is 10.8. The molecule has 4 nitrogen and oxygen atoms in total. The molecule has 0 unspecified atom stereocenters. The first-order valence-electron chi connectivity index (χ1n) is 3.49. The molecule has 0 amide bonds. The van der Waals surface area contributed by atoms with Gasteiger partial charge < -0.3 is 9.40 Å². The molecule has 0 spiro atoms. The van der Waals surface area contributed by atoms with E-state index in [1.807, 2.05) is 0 Å². The third kappa shape index (κ3) is 1.36. The molecule has 5 heteroatoms. The van der Waals surface area contributed by atoms with Crippen molar-refractivity contribution in [2.75, 3.05) is 0 Å². The van der Waals surface area contributed by atoms with Crippen LogP contribution >= 0.6 is 11.6 Å². The Morgan fingerprint density at radius 2 is 2.08 bits per heavy atom. The summed E-state index contributed by atoms with van der Waals surface area (Å²) in [5.41, 5.74) is -0.962. The highest BCUT2D eigenvalue weighted by Crippen LogP contribution is 2.14. The molecule has 0 aliphatic heterocycles. The lowest BCUT2D eigenvalue weighted by Crippen LogP contribution is -2.25. The van der Waals surface area contributed by atoms with Crippen molar-refractivity contribution >= 4 is 22.7 Å². The maximum absolute atomic E-state index is 10.8. The minimum Gasteiger partial charge on any atom is -0.417 e. The number of rotatable bonds is 0. The van der Waals surface area contributed by atoms with Crippen LogP contribution < -0.4 is 11.2 Å². The summed E-state index contributed by atoms with van der Waals surface area (Å²) in [5.74, 6) is 0. The van der Waals surface area contributed by atoms with Crippen LogP contribution in [0.4, 0.5) is 0 Å². The van der Waals surface area contributed by atoms with Gasteiger partial charge in [0.15, 0.2) is 5.58 Å². The van der Waals surface area contributed by atoms with Crippen molar-refractivity contribution < 1.29 is 4.42 Å². The zero-order chi connectivity index (χ0) is 9.42. The van der Waals surface area contributed by atoms with E-state index in [4.69, 9.17) is 11.6 Å². The molecule has 2 rings (SSSR count). The van der Waals surface area contributed by atoms with Gasteiger partial charge in [-0.1, -0.05) is 11.6 Å². The number of halogens is 1. The van der Waals surface area contributed by atoms with Crippen LogP contribution in [-0.2, 0) is 0 Å². The Morgan fingerprint density at radius 3 is 2.85 bits per heavy atom. The molecule has 1 N–H and O–H groups in total. The molecule has 0 aliphatic carbocycles. The lowest BCUT2D eigenvalue weighted by molar-refractivity contribution is 0.546. The van der Waals surface area contributed by atoms with E-state index in [0.717, 1.165) is 0 Å². The van der Waals surface area contributed by atoms with Gasteiger partial charge >= 0.3 is 11.2 Å². The molecular weight excluding hydrogens is 194 g/mol. The van der Waals surface area contributed by atoms with Gasteiger partial charge in [-0.2, -0.15) is 0 Å². The van der Waals surface area contributed by atoms with E-state index in [0.29, 0.717) is 16.1 Å². The number of aromatic amines is 1. The summed E-state index contributed by atoms with van der Waals surface area (Å²) >= 11 is 5.67. The Hall–Kier alpha value is -1.55. The van der Waals surface area contributed by atoms with E-state index >= 15 is 0 Å². The Labute approximate surface area is 76.8 Å². The van der Waals surface area contributed by atoms with Crippen molar-refractivity contribution in [3.63, 3.8) is 0 Å². The molecule has 1 heterocycles. The standard InChI is InChI=1S/C8H4ClNO3/c9-4-1-2-6-5(3-4)10-7(11)8(12)13-6/h1-3H,(H,10,11). The number of benzene rings is 1. The molecule has 13 heavy (non-hydrogen) atoms. The van der Waals surface area contributed by atoms with E-state index in [1.165, 1.54) is 12.1 Å². The lowest BCUT2D eigenvalue weighted by atomic mass is 10.3. The molecule has 0 atom stereocenters. The topological polar surface area (TPSA) is 63.1 Å². The molecule has 0 saturated heterocycles. The van der Waals surface area contributed by atoms with Gasteiger partial charge in [0, 0.05) is 5.02 Å². The number of H-pyrrole nitrogens is 1. The van der Waals surface area contributed by atoms with Crippen molar-refractivity contribution in [3.05, 3.63) is 44.0 Å².